The lowest BCUT2D eigenvalue weighted by Gasteiger charge is -2.31. The molecule has 5 heteroatoms. The standard InChI is InChI=1S/C14H16BrNO3/c1-9-7-11(15)4-5-12(9)13(17)16-6-2-3-10(8-16)14(18)19/h4-5,7,10H,2-3,6,8H2,1H3,(H,18,19)/t10-/m0/s1. The first kappa shape index (κ1) is 14.1. The van der Waals surface area contributed by atoms with Gasteiger partial charge in [0.05, 0.1) is 5.92 Å². The van der Waals surface area contributed by atoms with E-state index in [4.69, 9.17) is 5.11 Å². The van der Waals surface area contributed by atoms with Crippen molar-refractivity contribution < 1.29 is 14.7 Å². The van der Waals surface area contributed by atoms with Crippen LogP contribution in [0.1, 0.15) is 28.8 Å². The van der Waals surface area contributed by atoms with E-state index in [1.54, 1.807) is 11.0 Å². The van der Waals surface area contributed by atoms with Crippen LogP contribution in [0.3, 0.4) is 0 Å². The molecule has 1 aromatic rings. The van der Waals surface area contributed by atoms with E-state index in [0.29, 0.717) is 25.1 Å². The second-order valence-electron chi connectivity index (χ2n) is 4.89. The average Bonchev–Trinajstić information content (AvgIpc) is 2.38. The summed E-state index contributed by atoms with van der Waals surface area (Å²) in [4.78, 5) is 25.1. The molecule has 0 spiro atoms. The Labute approximate surface area is 120 Å². The molecule has 2 rings (SSSR count). The lowest BCUT2D eigenvalue weighted by molar-refractivity contribution is -0.143. The van der Waals surface area contributed by atoms with Crippen LogP contribution < -0.4 is 0 Å². The van der Waals surface area contributed by atoms with Crippen LogP contribution in [0.15, 0.2) is 22.7 Å². The summed E-state index contributed by atoms with van der Waals surface area (Å²) in [6, 6.07) is 5.51. The third-order valence-electron chi connectivity index (χ3n) is 3.48. The summed E-state index contributed by atoms with van der Waals surface area (Å²) < 4.78 is 0.934. The van der Waals surface area contributed by atoms with E-state index in [9.17, 15) is 9.59 Å². The first-order valence-corrected chi connectivity index (χ1v) is 7.06. The van der Waals surface area contributed by atoms with E-state index in [2.05, 4.69) is 15.9 Å². The number of likely N-dealkylation sites (tertiary alicyclic amines) is 1. The molecule has 0 radical (unpaired) electrons. The Morgan fingerprint density at radius 1 is 1.42 bits per heavy atom. The van der Waals surface area contributed by atoms with Crippen LogP contribution >= 0.6 is 15.9 Å². The monoisotopic (exact) mass is 325 g/mol. The Balaban J connectivity index is 2.17. The molecule has 102 valence electrons. The minimum Gasteiger partial charge on any atom is -0.481 e. The van der Waals surface area contributed by atoms with Crippen molar-refractivity contribution >= 4 is 27.8 Å². The van der Waals surface area contributed by atoms with E-state index in [0.717, 1.165) is 16.5 Å². The number of piperidine rings is 1. The molecule has 1 amide bonds. The summed E-state index contributed by atoms with van der Waals surface area (Å²) in [5, 5.41) is 9.06. The number of hydrogen-bond donors (Lipinski definition) is 1. The molecule has 1 atom stereocenters. The van der Waals surface area contributed by atoms with E-state index in [-0.39, 0.29) is 5.91 Å². The topological polar surface area (TPSA) is 57.6 Å². The first-order valence-electron chi connectivity index (χ1n) is 6.27. The highest BCUT2D eigenvalue weighted by atomic mass is 79.9. The summed E-state index contributed by atoms with van der Waals surface area (Å²) in [5.41, 5.74) is 1.55. The highest BCUT2D eigenvalue weighted by Gasteiger charge is 2.29. The summed E-state index contributed by atoms with van der Waals surface area (Å²) in [5.74, 6) is -1.32. The van der Waals surface area contributed by atoms with Crippen molar-refractivity contribution in [2.45, 2.75) is 19.8 Å². The number of halogens is 1. The molecule has 1 N–H and O–H groups in total. The largest absolute Gasteiger partial charge is 0.481 e. The van der Waals surface area contributed by atoms with E-state index >= 15 is 0 Å². The number of carbonyl (C=O) groups is 2. The Morgan fingerprint density at radius 2 is 2.16 bits per heavy atom. The number of aliphatic carboxylic acids is 1. The highest BCUT2D eigenvalue weighted by molar-refractivity contribution is 9.10. The number of benzene rings is 1. The van der Waals surface area contributed by atoms with Crippen LogP contribution in [0.25, 0.3) is 0 Å². The maximum Gasteiger partial charge on any atom is 0.308 e. The third-order valence-corrected chi connectivity index (χ3v) is 3.97. The Kier molecular flexibility index (Phi) is 4.24. The molecular weight excluding hydrogens is 310 g/mol. The van der Waals surface area contributed by atoms with Crippen molar-refractivity contribution in [1.29, 1.82) is 0 Å². The minimum atomic E-state index is -0.815. The highest BCUT2D eigenvalue weighted by Crippen LogP contribution is 2.22. The number of hydrogen-bond acceptors (Lipinski definition) is 2. The fourth-order valence-corrected chi connectivity index (χ4v) is 2.88. The third kappa shape index (κ3) is 3.15. The smallest absolute Gasteiger partial charge is 0.308 e. The van der Waals surface area contributed by atoms with E-state index < -0.39 is 11.9 Å². The van der Waals surface area contributed by atoms with Gasteiger partial charge in [-0.05, 0) is 43.5 Å². The van der Waals surface area contributed by atoms with Crippen LogP contribution in [-0.2, 0) is 4.79 Å². The van der Waals surface area contributed by atoms with Gasteiger partial charge in [0.25, 0.3) is 5.91 Å². The number of amides is 1. The van der Waals surface area contributed by atoms with Crippen molar-refractivity contribution in [3.8, 4) is 0 Å². The van der Waals surface area contributed by atoms with Crippen molar-refractivity contribution in [3.63, 3.8) is 0 Å². The molecule has 19 heavy (non-hydrogen) atoms. The molecule has 1 aliphatic heterocycles. The Morgan fingerprint density at radius 3 is 2.79 bits per heavy atom. The van der Waals surface area contributed by atoms with Gasteiger partial charge in [0.15, 0.2) is 0 Å². The summed E-state index contributed by atoms with van der Waals surface area (Å²) in [6.07, 6.45) is 1.40. The zero-order valence-corrected chi connectivity index (χ0v) is 12.3. The van der Waals surface area contributed by atoms with E-state index in [1.807, 2.05) is 19.1 Å². The summed E-state index contributed by atoms with van der Waals surface area (Å²) >= 11 is 3.37. The minimum absolute atomic E-state index is 0.0732. The number of carboxylic acid groups (broad SMARTS) is 1. The molecular formula is C14H16BrNO3. The molecule has 1 aromatic carbocycles. The van der Waals surface area contributed by atoms with Crippen molar-refractivity contribution in [2.75, 3.05) is 13.1 Å². The number of aryl methyl sites for hydroxylation is 1. The Bertz CT molecular complexity index is 515. The molecule has 0 aromatic heterocycles. The lowest BCUT2D eigenvalue weighted by Crippen LogP contribution is -2.42. The number of carbonyl (C=O) groups excluding carboxylic acids is 1. The lowest BCUT2D eigenvalue weighted by atomic mass is 9.97. The van der Waals surface area contributed by atoms with Gasteiger partial charge in [0.1, 0.15) is 0 Å². The van der Waals surface area contributed by atoms with Crippen LogP contribution in [0.4, 0.5) is 0 Å². The van der Waals surface area contributed by atoms with Crippen LogP contribution in [0.5, 0.6) is 0 Å². The number of rotatable bonds is 2. The molecule has 1 heterocycles. The molecule has 1 aliphatic rings. The van der Waals surface area contributed by atoms with Gasteiger partial charge in [-0.2, -0.15) is 0 Å². The van der Waals surface area contributed by atoms with Gasteiger partial charge in [-0.15, -0.1) is 0 Å². The second kappa shape index (κ2) is 5.74. The average molecular weight is 326 g/mol. The summed E-state index contributed by atoms with van der Waals surface area (Å²) in [7, 11) is 0. The fraction of sp³-hybridized carbons (Fsp3) is 0.429. The predicted molar refractivity (Wildman–Crippen MR) is 75.1 cm³/mol. The quantitative estimate of drug-likeness (QED) is 0.909. The molecule has 4 nitrogen and oxygen atoms in total. The van der Waals surface area contributed by atoms with Crippen molar-refractivity contribution in [1.82, 2.24) is 4.90 Å². The molecule has 0 bridgehead atoms. The van der Waals surface area contributed by atoms with Crippen molar-refractivity contribution in [3.05, 3.63) is 33.8 Å². The van der Waals surface area contributed by atoms with Gasteiger partial charge in [0, 0.05) is 23.1 Å². The maximum atomic E-state index is 12.4. The normalized spacial score (nSPS) is 19.3. The number of carboxylic acids is 1. The molecule has 0 aliphatic carbocycles. The van der Waals surface area contributed by atoms with Crippen LogP contribution in [0, 0.1) is 12.8 Å². The van der Waals surface area contributed by atoms with Gasteiger partial charge in [0.2, 0.25) is 0 Å². The van der Waals surface area contributed by atoms with Gasteiger partial charge < -0.3 is 10.0 Å². The van der Waals surface area contributed by atoms with Crippen molar-refractivity contribution in [2.24, 2.45) is 5.92 Å². The molecule has 1 saturated heterocycles. The number of nitrogens with zero attached hydrogens (tertiary/aromatic N) is 1. The van der Waals surface area contributed by atoms with Gasteiger partial charge in [-0.3, -0.25) is 9.59 Å². The maximum absolute atomic E-state index is 12.4. The molecule has 1 fully saturated rings. The van der Waals surface area contributed by atoms with Crippen LogP contribution in [0.2, 0.25) is 0 Å². The first-order chi connectivity index (χ1) is 8.99. The Hall–Kier alpha value is -1.36. The van der Waals surface area contributed by atoms with E-state index in [1.165, 1.54) is 0 Å². The second-order valence-corrected chi connectivity index (χ2v) is 5.80. The summed E-state index contributed by atoms with van der Waals surface area (Å²) in [6.45, 7) is 2.83. The zero-order valence-electron chi connectivity index (χ0n) is 10.7. The van der Waals surface area contributed by atoms with Gasteiger partial charge >= 0.3 is 5.97 Å². The molecule has 0 saturated carbocycles. The van der Waals surface area contributed by atoms with Gasteiger partial charge in [-0.1, -0.05) is 15.9 Å². The predicted octanol–water partition coefficient (Wildman–Crippen LogP) is 2.69. The SMILES string of the molecule is Cc1cc(Br)ccc1C(=O)N1CCC[C@H](C(=O)O)C1. The van der Waals surface area contributed by atoms with Crippen LogP contribution in [-0.4, -0.2) is 35.0 Å². The molecule has 0 unspecified atom stereocenters. The van der Waals surface area contributed by atoms with Gasteiger partial charge in [-0.25, -0.2) is 0 Å². The fourth-order valence-electron chi connectivity index (χ4n) is 2.40. The zero-order chi connectivity index (χ0) is 14.0.